The number of piperidine rings is 1. The molecular formula is C14H25N3O3. The fourth-order valence-corrected chi connectivity index (χ4v) is 2.95. The summed E-state index contributed by atoms with van der Waals surface area (Å²) in [5, 5.41) is 14.8. The number of carbonyl (C=O) groups is 2. The van der Waals surface area contributed by atoms with Crippen LogP contribution in [-0.4, -0.2) is 54.2 Å². The maximum Gasteiger partial charge on any atom is 0.329 e. The lowest BCUT2D eigenvalue weighted by molar-refractivity contribution is -0.144. The van der Waals surface area contributed by atoms with Crippen molar-refractivity contribution < 1.29 is 14.7 Å². The molecule has 2 unspecified atom stereocenters. The maximum atomic E-state index is 11.9. The highest BCUT2D eigenvalue weighted by molar-refractivity contribution is 5.86. The number of likely N-dealkylation sites (tertiary alicyclic amines) is 1. The number of hydrogen-bond acceptors (Lipinski definition) is 3. The lowest BCUT2D eigenvalue weighted by atomic mass is 9.96. The summed E-state index contributed by atoms with van der Waals surface area (Å²) >= 11 is 0. The first kappa shape index (κ1) is 15.1. The molecule has 0 radical (unpaired) electrons. The summed E-state index contributed by atoms with van der Waals surface area (Å²) in [5.74, 6) is -0.435. The van der Waals surface area contributed by atoms with Crippen molar-refractivity contribution in [2.75, 3.05) is 26.7 Å². The Balaban J connectivity index is 1.78. The quantitative estimate of drug-likeness (QED) is 0.699. The van der Waals surface area contributed by atoms with E-state index in [1.165, 1.54) is 0 Å². The fourth-order valence-electron chi connectivity index (χ4n) is 2.95. The first-order valence-electron chi connectivity index (χ1n) is 7.39. The minimum absolute atomic E-state index is 0.0616. The monoisotopic (exact) mass is 283 g/mol. The lowest BCUT2D eigenvalue weighted by Crippen LogP contribution is -2.57. The Morgan fingerprint density at radius 1 is 1.35 bits per heavy atom. The van der Waals surface area contributed by atoms with Crippen LogP contribution in [0.5, 0.6) is 0 Å². The van der Waals surface area contributed by atoms with Gasteiger partial charge in [0.05, 0.1) is 0 Å². The summed E-state index contributed by atoms with van der Waals surface area (Å²) in [6.45, 7) is 4.30. The zero-order chi connectivity index (χ0) is 14.8. The van der Waals surface area contributed by atoms with Gasteiger partial charge in [-0.3, -0.25) is 0 Å². The van der Waals surface area contributed by atoms with Crippen molar-refractivity contribution in [3.8, 4) is 0 Å². The average Bonchev–Trinajstić information content (AvgIpc) is 3.20. The van der Waals surface area contributed by atoms with Crippen LogP contribution in [0.4, 0.5) is 4.79 Å². The van der Waals surface area contributed by atoms with Crippen LogP contribution in [0.2, 0.25) is 0 Å². The van der Waals surface area contributed by atoms with Crippen molar-refractivity contribution in [3.63, 3.8) is 0 Å². The third-order valence-corrected chi connectivity index (χ3v) is 4.48. The minimum atomic E-state index is -1.13. The summed E-state index contributed by atoms with van der Waals surface area (Å²) in [6.07, 6.45) is 4.01. The van der Waals surface area contributed by atoms with E-state index >= 15 is 0 Å². The van der Waals surface area contributed by atoms with E-state index in [1.54, 1.807) is 6.92 Å². The van der Waals surface area contributed by atoms with Crippen LogP contribution in [-0.2, 0) is 4.79 Å². The predicted molar refractivity (Wildman–Crippen MR) is 75.5 cm³/mol. The molecule has 0 spiro atoms. The topological polar surface area (TPSA) is 81.7 Å². The highest BCUT2D eigenvalue weighted by Gasteiger charge is 2.48. The molecule has 0 aromatic carbocycles. The standard InChI is InChI=1S/C14H25N3O3/c1-14(12(18)19,11-5-6-11)16-13(20)15-8-10-4-3-7-17(2)9-10/h10-11H,3-9H2,1-2H3,(H,18,19)(H2,15,16,20). The summed E-state index contributed by atoms with van der Waals surface area (Å²) in [7, 11) is 2.08. The van der Waals surface area contributed by atoms with Gasteiger partial charge in [-0.05, 0) is 58.0 Å². The molecule has 3 N–H and O–H groups in total. The number of hydrogen-bond donors (Lipinski definition) is 3. The lowest BCUT2D eigenvalue weighted by Gasteiger charge is -2.30. The van der Waals surface area contributed by atoms with Gasteiger partial charge < -0.3 is 20.6 Å². The van der Waals surface area contributed by atoms with Gasteiger partial charge in [-0.2, -0.15) is 0 Å². The highest BCUT2D eigenvalue weighted by Crippen LogP contribution is 2.39. The number of carboxylic acid groups (broad SMARTS) is 1. The van der Waals surface area contributed by atoms with Crippen LogP contribution in [0, 0.1) is 11.8 Å². The van der Waals surface area contributed by atoms with Crippen molar-refractivity contribution in [1.82, 2.24) is 15.5 Å². The van der Waals surface area contributed by atoms with E-state index in [9.17, 15) is 14.7 Å². The van der Waals surface area contributed by atoms with Crippen LogP contribution in [0.1, 0.15) is 32.6 Å². The molecule has 20 heavy (non-hydrogen) atoms. The molecule has 114 valence electrons. The van der Waals surface area contributed by atoms with E-state index in [2.05, 4.69) is 22.6 Å². The van der Waals surface area contributed by atoms with E-state index in [0.717, 1.165) is 38.8 Å². The molecule has 1 aliphatic heterocycles. The van der Waals surface area contributed by atoms with Crippen molar-refractivity contribution in [3.05, 3.63) is 0 Å². The zero-order valence-electron chi connectivity index (χ0n) is 12.3. The second kappa shape index (κ2) is 5.99. The van der Waals surface area contributed by atoms with Crippen LogP contribution < -0.4 is 10.6 Å². The van der Waals surface area contributed by atoms with Crippen molar-refractivity contribution >= 4 is 12.0 Å². The molecule has 2 amide bonds. The molecule has 2 fully saturated rings. The molecule has 1 saturated heterocycles. The first-order valence-corrected chi connectivity index (χ1v) is 7.39. The largest absolute Gasteiger partial charge is 0.480 e. The molecule has 0 bridgehead atoms. The number of carboxylic acids is 1. The Bertz CT molecular complexity index is 384. The van der Waals surface area contributed by atoms with Gasteiger partial charge in [0.1, 0.15) is 5.54 Å². The number of amides is 2. The van der Waals surface area contributed by atoms with E-state index in [1.807, 2.05) is 0 Å². The van der Waals surface area contributed by atoms with Gasteiger partial charge in [0.25, 0.3) is 0 Å². The van der Waals surface area contributed by atoms with Gasteiger partial charge in [0, 0.05) is 13.1 Å². The second-order valence-electron chi connectivity index (χ2n) is 6.39. The summed E-state index contributed by atoms with van der Waals surface area (Å²) in [6, 6.07) is -0.366. The molecule has 6 nitrogen and oxygen atoms in total. The van der Waals surface area contributed by atoms with Crippen LogP contribution in [0.15, 0.2) is 0 Å². The number of rotatable bonds is 5. The highest BCUT2D eigenvalue weighted by atomic mass is 16.4. The maximum absolute atomic E-state index is 11.9. The fraction of sp³-hybridized carbons (Fsp3) is 0.857. The van der Waals surface area contributed by atoms with E-state index in [-0.39, 0.29) is 11.9 Å². The van der Waals surface area contributed by atoms with Gasteiger partial charge >= 0.3 is 12.0 Å². The Kier molecular flexibility index (Phi) is 4.52. The molecular weight excluding hydrogens is 258 g/mol. The third kappa shape index (κ3) is 3.62. The van der Waals surface area contributed by atoms with Gasteiger partial charge in [-0.15, -0.1) is 0 Å². The SMILES string of the molecule is CN1CCCC(CNC(=O)NC(C)(C(=O)O)C2CC2)C1. The van der Waals surface area contributed by atoms with Crippen molar-refractivity contribution in [2.45, 2.75) is 38.1 Å². The van der Waals surface area contributed by atoms with Gasteiger partial charge in [0.2, 0.25) is 0 Å². The molecule has 1 heterocycles. The van der Waals surface area contributed by atoms with Crippen LogP contribution in [0.3, 0.4) is 0 Å². The smallest absolute Gasteiger partial charge is 0.329 e. The second-order valence-corrected chi connectivity index (χ2v) is 6.39. The molecule has 0 aromatic heterocycles. The first-order chi connectivity index (χ1) is 9.41. The summed E-state index contributed by atoms with van der Waals surface area (Å²) in [4.78, 5) is 25.5. The Hall–Kier alpha value is -1.30. The molecule has 1 aliphatic carbocycles. The van der Waals surface area contributed by atoms with E-state index in [0.29, 0.717) is 12.5 Å². The normalized spacial score (nSPS) is 26.6. The number of nitrogens with one attached hydrogen (secondary N) is 2. The number of aliphatic carboxylic acids is 1. The number of nitrogens with zero attached hydrogens (tertiary/aromatic N) is 1. The van der Waals surface area contributed by atoms with Gasteiger partial charge in [-0.1, -0.05) is 0 Å². The zero-order valence-corrected chi connectivity index (χ0v) is 12.3. The van der Waals surface area contributed by atoms with Crippen LogP contribution in [0.25, 0.3) is 0 Å². The molecule has 2 rings (SSSR count). The Morgan fingerprint density at radius 3 is 2.60 bits per heavy atom. The predicted octanol–water partition coefficient (Wildman–Crippen LogP) is 0.881. The number of urea groups is 1. The molecule has 2 atom stereocenters. The third-order valence-electron chi connectivity index (χ3n) is 4.48. The minimum Gasteiger partial charge on any atom is -0.480 e. The Morgan fingerprint density at radius 2 is 2.05 bits per heavy atom. The van der Waals surface area contributed by atoms with E-state index < -0.39 is 11.5 Å². The number of carbonyl (C=O) groups excluding carboxylic acids is 1. The van der Waals surface area contributed by atoms with Crippen LogP contribution >= 0.6 is 0 Å². The average molecular weight is 283 g/mol. The Labute approximate surface area is 119 Å². The van der Waals surface area contributed by atoms with Gasteiger partial charge in [0.15, 0.2) is 0 Å². The summed E-state index contributed by atoms with van der Waals surface area (Å²) in [5.41, 5.74) is -1.13. The van der Waals surface area contributed by atoms with Gasteiger partial charge in [-0.25, -0.2) is 9.59 Å². The molecule has 2 aliphatic rings. The summed E-state index contributed by atoms with van der Waals surface area (Å²) < 4.78 is 0. The van der Waals surface area contributed by atoms with Crippen molar-refractivity contribution in [2.24, 2.45) is 11.8 Å². The van der Waals surface area contributed by atoms with Crippen molar-refractivity contribution in [1.29, 1.82) is 0 Å². The molecule has 1 saturated carbocycles. The molecule has 6 heteroatoms. The molecule has 0 aromatic rings. The van der Waals surface area contributed by atoms with E-state index in [4.69, 9.17) is 0 Å².